The summed E-state index contributed by atoms with van der Waals surface area (Å²) in [7, 11) is 0. The van der Waals surface area contributed by atoms with Gasteiger partial charge in [0.15, 0.2) is 0 Å². The van der Waals surface area contributed by atoms with Crippen LogP contribution < -0.4 is 5.32 Å². The Balaban J connectivity index is 2.03. The molecule has 1 unspecified atom stereocenters. The third-order valence-corrected chi connectivity index (χ3v) is 2.99. The van der Waals surface area contributed by atoms with Gasteiger partial charge in [-0.25, -0.2) is 0 Å². The molecule has 1 atom stereocenters. The van der Waals surface area contributed by atoms with Crippen LogP contribution in [0, 0.1) is 6.92 Å². The minimum atomic E-state index is 0.458. The Kier molecular flexibility index (Phi) is 4.10. The van der Waals surface area contributed by atoms with Crippen molar-refractivity contribution in [1.82, 2.24) is 15.5 Å². The van der Waals surface area contributed by atoms with E-state index in [1.54, 1.807) is 0 Å². The molecule has 1 heterocycles. The highest BCUT2D eigenvalue weighted by atomic mass is 16.5. The molecule has 0 fully saturated rings. The van der Waals surface area contributed by atoms with Crippen LogP contribution in [0.5, 0.6) is 0 Å². The van der Waals surface area contributed by atoms with Gasteiger partial charge in [0.05, 0.1) is 6.54 Å². The second-order valence-electron chi connectivity index (χ2n) is 4.57. The van der Waals surface area contributed by atoms with Crippen molar-refractivity contribution in [3.63, 3.8) is 0 Å². The first-order valence-corrected chi connectivity index (χ1v) is 6.32. The first kappa shape index (κ1) is 12.8. The largest absolute Gasteiger partial charge is 0.338 e. The zero-order valence-electron chi connectivity index (χ0n) is 11.1. The van der Waals surface area contributed by atoms with Crippen LogP contribution in [-0.2, 0) is 6.54 Å². The first-order valence-electron chi connectivity index (χ1n) is 6.32. The van der Waals surface area contributed by atoms with Gasteiger partial charge in [0.25, 0.3) is 0 Å². The number of aromatic nitrogens is 2. The van der Waals surface area contributed by atoms with E-state index in [1.807, 2.05) is 24.3 Å². The van der Waals surface area contributed by atoms with Crippen molar-refractivity contribution in [2.75, 3.05) is 0 Å². The van der Waals surface area contributed by atoms with Gasteiger partial charge in [-0.15, -0.1) is 0 Å². The molecule has 4 nitrogen and oxygen atoms in total. The third kappa shape index (κ3) is 3.17. The molecule has 0 saturated carbocycles. The second-order valence-corrected chi connectivity index (χ2v) is 4.57. The molecule has 0 spiro atoms. The highest BCUT2D eigenvalue weighted by Gasteiger charge is 2.08. The molecule has 0 saturated heterocycles. The number of hydrogen-bond acceptors (Lipinski definition) is 4. The molecule has 2 rings (SSSR count). The molecule has 1 aromatic heterocycles. The van der Waals surface area contributed by atoms with Crippen molar-refractivity contribution >= 4 is 0 Å². The lowest BCUT2D eigenvalue weighted by Gasteiger charge is -2.07. The SMILES string of the molecule is CCC(C)NCc1nc(-c2ccc(C)cc2)no1. The molecule has 0 aliphatic rings. The van der Waals surface area contributed by atoms with Gasteiger partial charge in [0.2, 0.25) is 11.7 Å². The summed E-state index contributed by atoms with van der Waals surface area (Å²) in [6.45, 7) is 6.95. The zero-order chi connectivity index (χ0) is 13.0. The maximum Gasteiger partial charge on any atom is 0.240 e. The van der Waals surface area contributed by atoms with Gasteiger partial charge in [0.1, 0.15) is 0 Å². The minimum absolute atomic E-state index is 0.458. The lowest BCUT2D eigenvalue weighted by molar-refractivity contribution is 0.358. The smallest absolute Gasteiger partial charge is 0.240 e. The van der Waals surface area contributed by atoms with Crippen molar-refractivity contribution in [2.24, 2.45) is 0 Å². The number of nitrogens with one attached hydrogen (secondary N) is 1. The highest BCUT2D eigenvalue weighted by Crippen LogP contribution is 2.16. The molecule has 0 bridgehead atoms. The molecular weight excluding hydrogens is 226 g/mol. The Bertz CT molecular complexity index is 490. The minimum Gasteiger partial charge on any atom is -0.338 e. The second kappa shape index (κ2) is 5.78. The first-order chi connectivity index (χ1) is 8.69. The van der Waals surface area contributed by atoms with Crippen LogP contribution in [0.15, 0.2) is 28.8 Å². The van der Waals surface area contributed by atoms with Gasteiger partial charge in [-0.05, 0) is 20.3 Å². The van der Waals surface area contributed by atoms with E-state index in [9.17, 15) is 0 Å². The summed E-state index contributed by atoms with van der Waals surface area (Å²) in [5.74, 6) is 1.28. The van der Waals surface area contributed by atoms with Crippen LogP contribution in [0.25, 0.3) is 11.4 Å². The Morgan fingerprint density at radius 3 is 2.67 bits per heavy atom. The van der Waals surface area contributed by atoms with E-state index in [-0.39, 0.29) is 0 Å². The summed E-state index contributed by atoms with van der Waals surface area (Å²) in [5, 5.41) is 7.32. The predicted octanol–water partition coefficient (Wildman–Crippen LogP) is 2.93. The van der Waals surface area contributed by atoms with Crippen LogP contribution in [0.4, 0.5) is 0 Å². The summed E-state index contributed by atoms with van der Waals surface area (Å²) in [5.41, 5.74) is 2.21. The molecule has 96 valence electrons. The summed E-state index contributed by atoms with van der Waals surface area (Å²) in [6.07, 6.45) is 1.08. The summed E-state index contributed by atoms with van der Waals surface area (Å²) < 4.78 is 5.22. The van der Waals surface area contributed by atoms with Crippen molar-refractivity contribution < 1.29 is 4.52 Å². The summed E-state index contributed by atoms with van der Waals surface area (Å²) in [6, 6.07) is 8.56. The maximum atomic E-state index is 5.22. The number of nitrogens with zero attached hydrogens (tertiary/aromatic N) is 2. The average molecular weight is 245 g/mol. The molecule has 0 radical (unpaired) electrons. The Morgan fingerprint density at radius 1 is 1.28 bits per heavy atom. The maximum absolute atomic E-state index is 5.22. The molecule has 4 heteroatoms. The van der Waals surface area contributed by atoms with Crippen molar-refractivity contribution in [1.29, 1.82) is 0 Å². The molecular formula is C14H19N3O. The van der Waals surface area contributed by atoms with Crippen LogP contribution >= 0.6 is 0 Å². The van der Waals surface area contributed by atoms with E-state index in [0.717, 1.165) is 12.0 Å². The van der Waals surface area contributed by atoms with Gasteiger partial charge in [0, 0.05) is 11.6 Å². The molecule has 1 N–H and O–H groups in total. The average Bonchev–Trinajstić information content (AvgIpc) is 2.85. The Hall–Kier alpha value is -1.68. The normalized spacial score (nSPS) is 12.6. The molecule has 2 aromatic rings. The van der Waals surface area contributed by atoms with Gasteiger partial charge >= 0.3 is 0 Å². The fourth-order valence-corrected chi connectivity index (χ4v) is 1.55. The lowest BCUT2D eigenvalue weighted by Crippen LogP contribution is -2.24. The fraction of sp³-hybridized carbons (Fsp3) is 0.429. The number of aryl methyl sites for hydroxylation is 1. The summed E-state index contributed by atoms with van der Waals surface area (Å²) in [4.78, 5) is 4.38. The summed E-state index contributed by atoms with van der Waals surface area (Å²) >= 11 is 0. The Labute approximate surface area is 107 Å². The van der Waals surface area contributed by atoms with Gasteiger partial charge in [-0.1, -0.05) is 41.9 Å². The van der Waals surface area contributed by atoms with E-state index in [0.29, 0.717) is 24.3 Å². The lowest BCUT2D eigenvalue weighted by atomic mass is 10.1. The molecule has 0 aliphatic heterocycles. The zero-order valence-corrected chi connectivity index (χ0v) is 11.1. The number of hydrogen-bond donors (Lipinski definition) is 1. The van der Waals surface area contributed by atoms with Gasteiger partial charge in [-0.3, -0.25) is 0 Å². The van der Waals surface area contributed by atoms with Gasteiger partial charge in [-0.2, -0.15) is 4.98 Å². The van der Waals surface area contributed by atoms with Crippen LogP contribution in [0.1, 0.15) is 31.7 Å². The third-order valence-electron chi connectivity index (χ3n) is 2.99. The monoisotopic (exact) mass is 245 g/mol. The van der Waals surface area contributed by atoms with Crippen LogP contribution in [0.2, 0.25) is 0 Å². The van der Waals surface area contributed by atoms with Crippen LogP contribution in [-0.4, -0.2) is 16.2 Å². The van der Waals surface area contributed by atoms with E-state index in [4.69, 9.17) is 4.52 Å². The van der Waals surface area contributed by atoms with E-state index < -0.39 is 0 Å². The van der Waals surface area contributed by atoms with Crippen LogP contribution in [0.3, 0.4) is 0 Å². The molecule has 0 amide bonds. The highest BCUT2D eigenvalue weighted by molar-refractivity contribution is 5.54. The van der Waals surface area contributed by atoms with Crippen molar-refractivity contribution in [2.45, 2.75) is 39.8 Å². The van der Waals surface area contributed by atoms with Gasteiger partial charge < -0.3 is 9.84 Å². The molecule has 1 aromatic carbocycles. The Morgan fingerprint density at radius 2 is 2.00 bits per heavy atom. The van der Waals surface area contributed by atoms with E-state index in [1.165, 1.54) is 5.56 Å². The number of benzene rings is 1. The topological polar surface area (TPSA) is 51.0 Å². The number of rotatable bonds is 5. The van der Waals surface area contributed by atoms with Crippen molar-refractivity contribution in [3.8, 4) is 11.4 Å². The predicted molar refractivity (Wildman–Crippen MR) is 71.1 cm³/mol. The fourth-order valence-electron chi connectivity index (χ4n) is 1.55. The van der Waals surface area contributed by atoms with Crippen molar-refractivity contribution in [3.05, 3.63) is 35.7 Å². The van der Waals surface area contributed by atoms with E-state index >= 15 is 0 Å². The molecule has 0 aliphatic carbocycles. The standard InChI is InChI=1S/C14H19N3O/c1-4-11(3)15-9-13-16-14(17-18-13)12-7-5-10(2)6-8-12/h5-8,11,15H,4,9H2,1-3H3. The molecule has 18 heavy (non-hydrogen) atoms. The van der Waals surface area contributed by atoms with E-state index in [2.05, 4.69) is 36.2 Å². The quantitative estimate of drug-likeness (QED) is 0.880.